The molecular formula is C26H37N. The highest BCUT2D eigenvalue weighted by atomic mass is 14.8. The molecule has 146 valence electrons. The molecule has 0 bridgehead atoms. The fourth-order valence-corrected chi connectivity index (χ4v) is 2.40. The minimum Gasteiger partial charge on any atom is -0.318 e. The fraction of sp³-hybridized carbons (Fsp3) is 0.308. The van der Waals surface area contributed by atoms with Crippen molar-refractivity contribution in [2.45, 2.75) is 40.2 Å². The third-order valence-electron chi connectivity index (χ3n) is 3.96. The van der Waals surface area contributed by atoms with Crippen molar-refractivity contribution in [3.63, 3.8) is 0 Å². The summed E-state index contributed by atoms with van der Waals surface area (Å²) in [4.78, 5) is 0. The number of fused-ring (bicyclic) bond motifs is 1. The van der Waals surface area contributed by atoms with Gasteiger partial charge in [0.1, 0.15) is 0 Å². The van der Waals surface area contributed by atoms with E-state index in [-0.39, 0.29) is 0 Å². The van der Waals surface area contributed by atoms with Gasteiger partial charge in [-0.25, -0.2) is 0 Å². The van der Waals surface area contributed by atoms with Gasteiger partial charge in [-0.15, -0.1) is 13.2 Å². The Balaban J connectivity index is 0.000000646. The van der Waals surface area contributed by atoms with Crippen molar-refractivity contribution in [2.75, 3.05) is 7.05 Å². The topological polar surface area (TPSA) is 12.0 Å². The molecule has 1 atom stereocenters. The first kappa shape index (κ1) is 24.6. The van der Waals surface area contributed by atoms with Crippen LogP contribution >= 0.6 is 0 Å². The molecule has 3 rings (SSSR count). The molecule has 3 aliphatic rings. The second-order valence-corrected chi connectivity index (χ2v) is 6.08. The van der Waals surface area contributed by atoms with Crippen molar-refractivity contribution in [1.82, 2.24) is 5.32 Å². The van der Waals surface area contributed by atoms with Crippen LogP contribution in [-0.4, -0.2) is 13.1 Å². The SMILES string of the molecule is C1=CC\C(=C/C=C\C=C2/C=CC3C=CC=C23)C=C1.C=C.CC.CNC(C)C. The van der Waals surface area contributed by atoms with Gasteiger partial charge < -0.3 is 5.32 Å². The molecule has 0 aromatic carbocycles. The van der Waals surface area contributed by atoms with E-state index >= 15 is 0 Å². The van der Waals surface area contributed by atoms with Crippen LogP contribution in [0, 0.1) is 5.92 Å². The Bertz CT molecular complexity index is 646. The molecule has 1 heteroatoms. The number of allylic oxidation sites excluding steroid dienone is 16. The molecule has 0 spiro atoms. The van der Waals surface area contributed by atoms with E-state index in [0.29, 0.717) is 12.0 Å². The molecule has 0 saturated heterocycles. The van der Waals surface area contributed by atoms with Gasteiger partial charge in [0.25, 0.3) is 0 Å². The summed E-state index contributed by atoms with van der Waals surface area (Å²) in [5.41, 5.74) is 4.11. The van der Waals surface area contributed by atoms with Gasteiger partial charge in [-0.3, -0.25) is 0 Å². The molecule has 0 aromatic rings. The minimum absolute atomic E-state index is 0.523. The molecule has 0 aliphatic heterocycles. The molecule has 0 radical (unpaired) electrons. The lowest BCUT2D eigenvalue weighted by atomic mass is 10.0. The van der Waals surface area contributed by atoms with Crippen LogP contribution in [0.25, 0.3) is 0 Å². The predicted octanol–water partition coefficient (Wildman–Crippen LogP) is 7.04. The maximum Gasteiger partial charge on any atom is 0.0211 e. The summed E-state index contributed by atoms with van der Waals surface area (Å²) in [5.74, 6) is 0.523. The summed E-state index contributed by atoms with van der Waals surface area (Å²) in [5, 5.41) is 3.03. The second kappa shape index (κ2) is 15.8. The zero-order valence-corrected chi connectivity index (χ0v) is 17.8. The summed E-state index contributed by atoms with van der Waals surface area (Å²) in [6.07, 6.45) is 29.2. The lowest BCUT2D eigenvalue weighted by molar-refractivity contribution is 0.668. The number of hydrogen-bond acceptors (Lipinski definition) is 1. The first-order valence-corrected chi connectivity index (χ1v) is 9.85. The van der Waals surface area contributed by atoms with Gasteiger partial charge in [0, 0.05) is 12.0 Å². The fourth-order valence-electron chi connectivity index (χ4n) is 2.40. The maximum absolute atomic E-state index is 3.03. The van der Waals surface area contributed by atoms with Gasteiger partial charge in [0.15, 0.2) is 0 Å². The van der Waals surface area contributed by atoms with Gasteiger partial charge in [-0.2, -0.15) is 0 Å². The summed E-state index contributed by atoms with van der Waals surface area (Å²) in [7, 11) is 1.95. The van der Waals surface area contributed by atoms with E-state index in [9.17, 15) is 0 Å². The zero-order valence-electron chi connectivity index (χ0n) is 17.8. The standard InChI is InChI=1S/C18H16.C4H11N.C2H6.C2H4/c1-2-7-15(8-3-1)9-4-5-10-16-13-14-17-11-6-12-18(16)17;1-4(2)5-3;2*1-2/h1-7,9-14,17H,8H2;4-5H,1-3H3;1-2H3;1-2H2/b5-4-,15-9-,16-10+;;;. The molecule has 0 amide bonds. The molecule has 0 aromatic heterocycles. The molecule has 1 N–H and O–H groups in total. The van der Waals surface area contributed by atoms with Crippen molar-refractivity contribution in [3.05, 3.63) is 109 Å². The van der Waals surface area contributed by atoms with Gasteiger partial charge >= 0.3 is 0 Å². The highest BCUT2D eigenvalue weighted by Gasteiger charge is 2.18. The summed E-state index contributed by atoms with van der Waals surface area (Å²) in [6.45, 7) is 14.2. The Morgan fingerprint density at radius 3 is 2.26 bits per heavy atom. The number of hydrogen-bond donors (Lipinski definition) is 1. The van der Waals surface area contributed by atoms with Crippen LogP contribution in [0.2, 0.25) is 0 Å². The Hall–Kier alpha value is -2.38. The largest absolute Gasteiger partial charge is 0.318 e. The van der Waals surface area contributed by atoms with Gasteiger partial charge in [0.05, 0.1) is 0 Å². The maximum atomic E-state index is 3.03. The lowest BCUT2D eigenvalue weighted by Gasteiger charge is -2.01. The Morgan fingerprint density at radius 1 is 1.00 bits per heavy atom. The summed E-state index contributed by atoms with van der Waals surface area (Å²) >= 11 is 0. The van der Waals surface area contributed by atoms with Crippen LogP contribution in [-0.2, 0) is 0 Å². The first-order chi connectivity index (χ1) is 13.2. The molecule has 1 unspecified atom stereocenters. The van der Waals surface area contributed by atoms with E-state index < -0.39 is 0 Å². The van der Waals surface area contributed by atoms with E-state index in [1.807, 2.05) is 20.9 Å². The zero-order chi connectivity index (χ0) is 20.5. The normalized spacial score (nSPS) is 21.4. The van der Waals surface area contributed by atoms with Crippen LogP contribution in [0.1, 0.15) is 34.1 Å². The minimum atomic E-state index is 0.523. The third-order valence-corrected chi connectivity index (χ3v) is 3.96. The lowest BCUT2D eigenvalue weighted by Crippen LogP contribution is -2.15. The second-order valence-electron chi connectivity index (χ2n) is 6.08. The molecule has 0 fully saturated rings. The van der Waals surface area contributed by atoms with Crippen LogP contribution in [0.15, 0.2) is 109 Å². The average Bonchev–Trinajstić information content (AvgIpc) is 3.34. The Morgan fingerprint density at radius 2 is 1.67 bits per heavy atom. The van der Waals surface area contributed by atoms with Crippen LogP contribution < -0.4 is 5.32 Å². The number of rotatable bonds is 3. The third kappa shape index (κ3) is 9.77. The van der Waals surface area contributed by atoms with E-state index in [1.165, 1.54) is 16.7 Å². The van der Waals surface area contributed by atoms with E-state index in [0.717, 1.165) is 6.42 Å². The summed E-state index contributed by atoms with van der Waals surface area (Å²) < 4.78 is 0. The van der Waals surface area contributed by atoms with Crippen LogP contribution in [0.5, 0.6) is 0 Å². The molecule has 1 nitrogen and oxygen atoms in total. The first-order valence-electron chi connectivity index (χ1n) is 9.85. The Kier molecular flexibility index (Phi) is 14.4. The van der Waals surface area contributed by atoms with Crippen molar-refractivity contribution in [1.29, 1.82) is 0 Å². The Labute approximate surface area is 167 Å². The van der Waals surface area contributed by atoms with Crippen LogP contribution in [0.4, 0.5) is 0 Å². The van der Waals surface area contributed by atoms with E-state index in [2.05, 4.69) is 111 Å². The average molecular weight is 364 g/mol. The van der Waals surface area contributed by atoms with E-state index in [4.69, 9.17) is 0 Å². The van der Waals surface area contributed by atoms with E-state index in [1.54, 1.807) is 0 Å². The van der Waals surface area contributed by atoms with Crippen molar-refractivity contribution >= 4 is 0 Å². The highest BCUT2D eigenvalue weighted by Crippen LogP contribution is 2.33. The van der Waals surface area contributed by atoms with Crippen LogP contribution in [0.3, 0.4) is 0 Å². The molecule has 27 heavy (non-hydrogen) atoms. The predicted molar refractivity (Wildman–Crippen MR) is 125 cm³/mol. The van der Waals surface area contributed by atoms with Gasteiger partial charge in [0.2, 0.25) is 0 Å². The highest BCUT2D eigenvalue weighted by molar-refractivity contribution is 5.56. The quantitative estimate of drug-likeness (QED) is 0.530. The molecule has 3 aliphatic carbocycles. The number of nitrogens with one attached hydrogen (secondary N) is 1. The molecule has 0 saturated carbocycles. The van der Waals surface area contributed by atoms with Crippen molar-refractivity contribution < 1.29 is 0 Å². The van der Waals surface area contributed by atoms with Crippen molar-refractivity contribution in [2.24, 2.45) is 5.92 Å². The smallest absolute Gasteiger partial charge is 0.0211 e. The monoisotopic (exact) mass is 363 g/mol. The molecular weight excluding hydrogens is 326 g/mol. The van der Waals surface area contributed by atoms with Gasteiger partial charge in [-0.1, -0.05) is 107 Å². The molecule has 0 heterocycles. The summed E-state index contributed by atoms with van der Waals surface area (Å²) in [6, 6.07) is 0.634. The van der Waals surface area contributed by atoms with Gasteiger partial charge in [-0.05, 0) is 30.2 Å². The van der Waals surface area contributed by atoms with Crippen molar-refractivity contribution in [3.8, 4) is 0 Å².